The van der Waals surface area contributed by atoms with Gasteiger partial charge < -0.3 is 19.4 Å². The van der Waals surface area contributed by atoms with E-state index in [1.165, 1.54) is 17.8 Å². The number of nitrogens with zero attached hydrogens (tertiary/aromatic N) is 3. The molecule has 0 saturated heterocycles. The number of thioether (sulfide) groups is 1. The zero-order chi connectivity index (χ0) is 23.1. The molecule has 3 rings (SSSR count). The molecule has 0 spiro atoms. The molecule has 0 radical (unpaired) electrons. The van der Waals surface area contributed by atoms with Crippen molar-refractivity contribution < 1.29 is 18.7 Å². The van der Waals surface area contributed by atoms with Gasteiger partial charge in [-0.3, -0.25) is 4.79 Å². The van der Waals surface area contributed by atoms with Crippen molar-refractivity contribution in [2.24, 2.45) is 5.92 Å². The summed E-state index contributed by atoms with van der Waals surface area (Å²) in [6, 6.07) is 13.4. The quantitative estimate of drug-likeness (QED) is 0.433. The fraction of sp³-hybridized carbons (Fsp3) is 0.348. The molecule has 3 aromatic rings. The maximum absolute atomic E-state index is 14.0. The lowest BCUT2D eigenvalue weighted by Crippen LogP contribution is -2.17. The number of ether oxygens (including phenoxy) is 2. The molecular formula is C23H27FN4O3S. The van der Waals surface area contributed by atoms with Gasteiger partial charge in [0.2, 0.25) is 5.91 Å². The maximum atomic E-state index is 14.0. The van der Waals surface area contributed by atoms with E-state index in [-0.39, 0.29) is 17.4 Å². The van der Waals surface area contributed by atoms with Crippen LogP contribution in [0.5, 0.6) is 11.5 Å². The van der Waals surface area contributed by atoms with E-state index < -0.39 is 11.9 Å². The number of hydrogen-bond acceptors (Lipinski definition) is 6. The number of amides is 1. The Morgan fingerprint density at radius 1 is 1.16 bits per heavy atom. The molecule has 0 aliphatic carbocycles. The molecule has 0 fully saturated rings. The third-order valence-electron chi connectivity index (χ3n) is 4.48. The van der Waals surface area contributed by atoms with Crippen molar-refractivity contribution in [2.75, 3.05) is 18.2 Å². The number of methoxy groups -OCH3 is 1. The van der Waals surface area contributed by atoms with E-state index in [1.807, 2.05) is 16.7 Å². The van der Waals surface area contributed by atoms with Gasteiger partial charge in [-0.2, -0.15) is 0 Å². The topological polar surface area (TPSA) is 78.3 Å². The monoisotopic (exact) mass is 458 g/mol. The van der Waals surface area contributed by atoms with Crippen LogP contribution in [0.3, 0.4) is 0 Å². The average Bonchev–Trinajstić information content (AvgIpc) is 3.16. The molecule has 7 nitrogen and oxygen atoms in total. The first kappa shape index (κ1) is 23.6. The van der Waals surface area contributed by atoms with Gasteiger partial charge in [-0.15, -0.1) is 10.2 Å². The van der Waals surface area contributed by atoms with E-state index in [4.69, 9.17) is 9.47 Å². The number of nitrogens with one attached hydrogen (secondary N) is 1. The molecule has 1 amide bonds. The molecule has 0 saturated carbocycles. The minimum absolute atomic E-state index is 0.158. The van der Waals surface area contributed by atoms with E-state index in [0.717, 1.165) is 0 Å². The summed E-state index contributed by atoms with van der Waals surface area (Å²) in [6.07, 6.45) is -0.516. The maximum Gasteiger partial charge on any atom is 0.234 e. The lowest BCUT2D eigenvalue weighted by atomic mass is 10.2. The van der Waals surface area contributed by atoms with Crippen molar-refractivity contribution in [1.29, 1.82) is 0 Å². The van der Waals surface area contributed by atoms with Crippen molar-refractivity contribution in [3.05, 3.63) is 60.2 Å². The molecule has 0 bridgehead atoms. The fourth-order valence-electron chi connectivity index (χ4n) is 3.06. The summed E-state index contributed by atoms with van der Waals surface area (Å²) in [6.45, 7) is 6.61. The SMILES string of the molecule is COc1cccc(NC(=O)CSc2nnc(C(C)Oc3ccccc3F)n2CC(C)C)c1. The molecule has 32 heavy (non-hydrogen) atoms. The number of carbonyl (C=O) groups is 1. The summed E-state index contributed by atoms with van der Waals surface area (Å²) in [5.74, 6) is 1.29. The molecule has 1 atom stereocenters. The highest BCUT2D eigenvalue weighted by atomic mass is 32.2. The van der Waals surface area contributed by atoms with Crippen LogP contribution < -0.4 is 14.8 Å². The fourth-order valence-corrected chi connectivity index (χ4v) is 3.81. The molecule has 0 aliphatic heterocycles. The van der Waals surface area contributed by atoms with Crippen molar-refractivity contribution >= 4 is 23.4 Å². The molecule has 2 aromatic carbocycles. The Morgan fingerprint density at radius 2 is 1.94 bits per heavy atom. The van der Waals surface area contributed by atoms with Gasteiger partial charge in [0, 0.05) is 18.3 Å². The molecular weight excluding hydrogens is 431 g/mol. The second-order valence-corrected chi connectivity index (χ2v) is 8.55. The van der Waals surface area contributed by atoms with Gasteiger partial charge in [-0.25, -0.2) is 4.39 Å². The zero-order valence-electron chi connectivity index (χ0n) is 18.5. The van der Waals surface area contributed by atoms with E-state index >= 15 is 0 Å². The molecule has 0 aliphatic rings. The number of halogens is 1. The predicted octanol–water partition coefficient (Wildman–Crippen LogP) is 4.95. The third kappa shape index (κ3) is 6.23. The highest BCUT2D eigenvalue weighted by Gasteiger charge is 2.22. The Morgan fingerprint density at radius 3 is 2.66 bits per heavy atom. The summed E-state index contributed by atoms with van der Waals surface area (Å²) in [5, 5.41) is 12.0. The number of para-hydroxylation sites is 1. The first-order chi connectivity index (χ1) is 15.4. The molecule has 1 aromatic heterocycles. The highest BCUT2D eigenvalue weighted by Crippen LogP contribution is 2.27. The van der Waals surface area contributed by atoms with E-state index in [2.05, 4.69) is 29.4 Å². The van der Waals surface area contributed by atoms with Gasteiger partial charge in [0.15, 0.2) is 28.7 Å². The largest absolute Gasteiger partial charge is 0.497 e. The molecule has 170 valence electrons. The van der Waals surface area contributed by atoms with E-state index in [9.17, 15) is 9.18 Å². The van der Waals surface area contributed by atoms with Gasteiger partial charge in [-0.1, -0.05) is 43.8 Å². The van der Waals surface area contributed by atoms with Crippen LogP contribution in [0.1, 0.15) is 32.7 Å². The van der Waals surface area contributed by atoms with Crippen LogP contribution in [0.2, 0.25) is 0 Å². The Balaban J connectivity index is 1.70. The lowest BCUT2D eigenvalue weighted by Gasteiger charge is -2.18. The first-order valence-corrected chi connectivity index (χ1v) is 11.3. The Kier molecular flexibility index (Phi) is 8.10. The van der Waals surface area contributed by atoms with Crippen LogP contribution in [0.25, 0.3) is 0 Å². The second kappa shape index (κ2) is 11.0. The van der Waals surface area contributed by atoms with Crippen LogP contribution >= 0.6 is 11.8 Å². The minimum Gasteiger partial charge on any atom is -0.497 e. The number of aromatic nitrogens is 3. The number of anilines is 1. The summed E-state index contributed by atoms with van der Waals surface area (Å²) in [5.41, 5.74) is 0.659. The molecule has 1 N–H and O–H groups in total. The van der Waals surface area contributed by atoms with Crippen LogP contribution in [-0.4, -0.2) is 33.5 Å². The zero-order valence-corrected chi connectivity index (χ0v) is 19.4. The molecule has 1 unspecified atom stereocenters. The first-order valence-electron chi connectivity index (χ1n) is 10.3. The second-order valence-electron chi connectivity index (χ2n) is 7.60. The third-order valence-corrected chi connectivity index (χ3v) is 5.45. The van der Waals surface area contributed by atoms with Crippen LogP contribution in [0.15, 0.2) is 53.7 Å². The smallest absolute Gasteiger partial charge is 0.234 e. The Labute approximate surface area is 191 Å². The molecule has 1 heterocycles. The number of rotatable bonds is 10. The van der Waals surface area contributed by atoms with Crippen LogP contribution in [0.4, 0.5) is 10.1 Å². The average molecular weight is 459 g/mol. The van der Waals surface area contributed by atoms with Crippen molar-refractivity contribution in [1.82, 2.24) is 14.8 Å². The summed E-state index contributed by atoms with van der Waals surface area (Å²) < 4.78 is 26.9. The van der Waals surface area contributed by atoms with Crippen molar-refractivity contribution in [3.8, 4) is 11.5 Å². The van der Waals surface area contributed by atoms with Gasteiger partial charge in [0.1, 0.15) is 5.75 Å². The van der Waals surface area contributed by atoms with Gasteiger partial charge >= 0.3 is 0 Å². The van der Waals surface area contributed by atoms with Crippen molar-refractivity contribution in [2.45, 2.75) is 38.6 Å². The molecule has 9 heteroatoms. The minimum atomic E-state index is -0.516. The van der Waals surface area contributed by atoms with Crippen molar-refractivity contribution in [3.63, 3.8) is 0 Å². The lowest BCUT2D eigenvalue weighted by molar-refractivity contribution is -0.113. The number of hydrogen-bond donors (Lipinski definition) is 1. The van der Waals surface area contributed by atoms with Gasteiger partial charge in [-0.05, 0) is 37.1 Å². The Hall–Kier alpha value is -3.07. The summed E-state index contributed by atoms with van der Waals surface area (Å²) in [4.78, 5) is 12.4. The summed E-state index contributed by atoms with van der Waals surface area (Å²) >= 11 is 1.29. The predicted molar refractivity (Wildman–Crippen MR) is 123 cm³/mol. The number of benzene rings is 2. The van der Waals surface area contributed by atoms with Crippen LogP contribution in [-0.2, 0) is 11.3 Å². The van der Waals surface area contributed by atoms with E-state index in [0.29, 0.717) is 34.9 Å². The van der Waals surface area contributed by atoms with Gasteiger partial charge in [0.25, 0.3) is 0 Å². The van der Waals surface area contributed by atoms with E-state index in [1.54, 1.807) is 44.4 Å². The number of carbonyl (C=O) groups excluding carboxylic acids is 1. The van der Waals surface area contributed by atoms with Gasteiger partial charge in [0.05, 0.1) is 12.9 Å². The summed E-state index contributed by atoms with van der Waals surface area (Å²) in [7, 11) is 1.58. The standard InChI is InChI=1S/C23H27FN4O3S/c1-15(2)13-28-22(16(3)31-20-11-6-5-10-19(20)24)26-27-23(28)32-14-21(29)25-17-8-7-9-18(12-17)30-4/h5-12,15-16H,13-14H2,1-4H3,(H,25,29). The van der Waals surface area contributed by atoms with Crippen LogP contribution in [0, 0.1) is 11.7 Å². The highest BCUT2D eigenvalue weighted by molar-refractivity contribution is 7.99. The normalized spacial score (nSPS) is 11.9. The Bertz CT molecular complexity index is 1060.